The summed E-state index contributed by atoms with van der Waals surface area (Å²) < 4.78 is 12.2. The Balaban J connectivity index is 2.16. The van der Waals surface area contributed by atoms with Gasteiger partial charge in [-0.15, -0.1) is 0 Å². The van der Waals surface area contributed by atoms with Crippen molar-refractivity contribution in [3.05, 3.63) is 29.8 Å². The lowest BCUT2D eigenvalue weighted by atomic mass is 10.0. The van der Waals surface area contributed by atoms with Gasteiger partial charge in [-0.3, -0.25) is 4.40 Å². The molecule has 0 aliphatic carbocycles. The number of pyridine rings is 1. The second-order valence-electron chi connectivity index (χ2n) is 5.50. The number of ether oxygens (including phenoxy) is 2. The van der Waals surface area contributed by atoms with Gasteiger partial charge in [0.1, 0.15) is 17.1 Å². The molecule has 1 atom stereocenters. The van der Waals surface area contributed by atoms with Gasteiger partial charge in [0.2, 0.25) is 0 Å². The van der Waals surface area contributed by atoms with Crippen LogP contribution in [0.25, 0.3) is 5.52 Å². The Bertz CT molecular complexity index is 673. The third kappa shape index (κ3) is 2.54. The highest BCUT2D eigenvalue weighted by atomic mass is 16.5. The van der Waals surface area contributed by atoms with Gasteiger partial charge in [0.15, 0.2) is 5.69 Å². The van der Waals surface area contributed by atoms with Crippen LogP contribution in [0.1, 0.15) is 41.5 Å². The van der Waals surface area contributed by atoms with Crippen molar-refractivity contribution in [1.29, 1.82) is 0 Å². The molecule has 2 aromatic heterocycles. The van der Waals surface area contributed by atoms with Crippen molar-refractivity contribution in [1.82, 2.24) is 14.7 Å². The van der Waals surface area contributed by atoms with Crippen LogP contribution in [0, 0.1) is 0 Å². The molecule has 0 bridgehead atoms. The number of methoxy groups -OCH3 is 2. The molecule has 22 heavy (non-hydrogen) atoms. The number of rotatable bonds is 3. The van der Waals surface area contributed by atoms with Gasteiger partial charge < -0.3 is 14.8 Å². The summed E-state index contributed by atoms with van der Waals surface area (Å²) in [7, 11) is 2.96. The molecule has 6 nitrogen and oxygen atoms in total. The number of hydrogen-bond acceptors (Lipinski definition) is 5. The Kier molecular flexibility index (Phi) is 4.29. The van der Waals surface area contributed by atoms with Crippen LogP contribution in [0.2, 0.25) is 0 Å². The van der Waals surface area contributed by atoms with Gasteiger partial charge in [-0.05, 0) is 31.5 Å². The molecule has 1 unspecified atom stereocenters. The van der Waals surface area contributed by atoms with Crippen molar-refractivity contribution in [2.45, 2.75) is 25.2 Å². The maximum atomic E-state index is 12.1. The molecule has 6 heteroatoms. The molecule has 0 saturated carbocycles. The molecule has 1 N–H and O–H groups in total. The lowest BCUT2D eigenvalue weighted by Gasteiger charge is -2.13. The highest BCUT2D eigenvalue weighted by Crippen LogP contribution is 2.30. The van der Waals surface area contributed by atoms with Crippen LogP contribution in [0.5, 0.6) is 5.75 Å². The average molecular weight is 303 g/mol. The van der Waals surface area contributed by atoms with Crippen LogP contribution in [0.4, 0.5) is 0 Å². The van der Waals surface area contributed by atoms with E-state index in [0.717, 1.165) is 31.8 Å². The van der Waals surface area contributed by atoms with E-state index in [0.29, 0.717) is 17.0 Å². The SMILES string of the molecule is COC(=O)c1nc(C2CCCCNC2)n2cccc(OC)c12. The lowest BCUT2D eigenvalue weighted by Crippen LogP contribution is -2.20. The fourth-order valence-corrected chi connectivity index (χ4v) is 3.06. The predicted molar refractivity (Wildman–Crippen MR) is 82.5 cm³/mol. The number of carbonyl (C=O) groups excluding carboxylic acids is 1. The molecule has 1 fully saturated rings. The number of hydrogen-bond donors (Lipinski definition) is 1. The van der Waals surface area contributed by atoms with Gasteiger partial charge in [0, 0.05) is 18.7 Å². The zero-order valence-electron chi connectivity index (χ0n) is 13.0. The van der Waals surface area contributed by atoms with Crippen LogP contribution in [-0.2, 0) is 4.74 Å². The normalized spacial score (nSPS) is 18.9. The van der Waals surface area contributed by atoms with Crippen LogP contribution >= 0.6 is 0 Å². The number of esters is 1. The number of fused-ring (bicyclic) bond motifs is 1. The van der Waals surface area contributed by atoms with E-state index in [1.165, 1.54) is 13.5 Å². The van der Waals surface area contributed by atoms with Gasteiger partial charge in [0.25, 0.3) is 0 Å². The summed E-state index contributed by atoms with van der Waals surface area (Å²) >= 11 is 0. The first-order valence-corrected chi connectivity index (χ1v) is 7.60. The minimum absolute atomic E-state index is 0.278. The van der Waals surface area contributed by atoms with E-state index in [1.807, 2.05) is 22.7 Å². The molecule has 0 aromatic carbocycles. The minimum Gasteiger partial charge on any atom is -0.494 e. The van der Waals surface area contributed by atoms with E-state index in [4.69, 9.17) is 9.47 Å². The first kappa shape index (κ1) is 14.8. The standard InChI is InChI=1S/C16H21N3O3/c1-21-12-7-5-9-19-14(12)13(16(20)22-2)18-15(19)11-6-3-4-8-17-10-11/h5,7,9,11,17H,3-4,6,8,10H2,1-2H3. The molecule has 1 saturated heterocycles. The van der Waals surface area contributed by atoms with Crippen molar-refractivity contribution in [3.8, 4) is 5.75 Å². The molecule has 0 spiro atoms. The number of nitrogens with one attached hydrogen (secondary N) is 1. The predicted octanol–water partition coefficient (Wildman–Crippen LogP) is 1.99. The molecule has 3 heterocycles. The molecular formula is C16H21N3O3. The maximum Gasteiger partial charge on any atom is 0.359 e. The third-order valence-corrected chi connectivity index (χ3v) is 4.17. The zero-order chi connectivity index (χ0) is 15.5. The Morgan fingerprint density at radius 2 is 2.27 bits per heavy atom. The summed E-state index contributed by atoms with van der Waals surface area (Å²) in [5.41, 5.74) is 0.996. The van der Waals surface area contributed by atoms with Gasteiger partial charge in [-0.2, -0.15) is 0 Å². The number of carbonyl (C=O) groups is 1. The number of imidazole rings is 1. The Morgan fingerprint density at radius 3 is 3.05 bits per heavy atom. The fraction of sp³-hybridized carbons (Fsp3) is 0.500. The Labute approximate surface area is 129 Å². The molecule has 0 amide bonds. The van der Waals surface area contributed by atoms with Gasteiger partial charge in [-0.25, -0.2) is 9.78 Å². The first-order chi connectivity index (χ1) is 10.8. The molecule has 3 rings (SSSR count). The summed E-state index contributed by atoms with van der Waals surface area (Å²) in [6, 6.07) is 3.74. The second kappa shape index (κ2) is 6.36. The second-order valence-corrected chi connectivity index (χ2v) is 5.50. The molecule has 1 aliphatic rings. The summed E-state index contributed by atoms with van der Waals surface area (Å²) in [6.45, 7) is 1.91. The van der Waals surface area contributed by atoms with Crippen LogP contribution in [0.3, 0.4) is 0 Å². The smallest absolute Gasteiger partial charge is 0.359 e. The van der Waals surface area contributed by atoms with E-state index in [2.05, 4.69) is 10.3 Å². The summed E-state index contributed by atoms with van der Waals surface area (Å²) in [5, 5.41) is 3.44. The molecule has 2 aromatic rings. The van der Waals surface area contributed by atoms with Crippen molar-refractivity contribution in [2.75, 3.05) is 27.3 Å². The summed E-state index contributed by atoms with van der Waals surface area (Å²) in [4.78, 5) is 16.7. The first-order valence-electron chi connectivity index (χ1n) is 7.60. The fourth-order valence-electron chi connectivity index (χ4n) is 3.06. The highest BCUT2D eigenvalue weighted by Gasteiger charge is 2.26. The molecule has 0 radical (unpaired) electrons. The largest absolute Gasteiger partial charge is 0.494 e. The van der Waals surface area contributed by atoms with E-state index >= 15 is 0 Å². The van der Waals surface area contributed by atoms with Crippen LogP contribution in [0.15, 0.2) is 18.3 Å². The highest BCUT2D eigenvalue weighted by molar-refractivity contribution is 5.97. The molecular weight excluding hydrogens is 282 g/mol. The molecule has 118 valence electrons. The average Bonchev–Trinajstić information content (AvgIpc) is 2.75. The minimum atomic E-state index is -0.435. The van der Waals surface area contributed by atoms with Crippen molar-refractivity contribution < 1.29 is 14.3 Å². The summed E-state index contributed by atoms with van der Waals surface area (Å²) in [6.07, 6.45) is 5.32. The van der Waals surface area contributed by atoms with Gasteiger partial charge in [0.05, 0.1) is 14.2 Å². The monoisotopic (exact) mass is 303 g/mol. The van der Waals surface area contributed by atoms with Crippen molar-refractivity contribution in [2.24, 2.45) is 0 Å². The van der Waals surface area contributed by atoms with E-state index < -0.39 is 5.97 Å². The van der Waals surface area contributed by atoms with Crippen molar-refractivity contribution in [3.63, 3.8) is 0 Å². The van der Waals surface area contributed by atoms with Gasteiger partial charge >= 0.3 is 5.97 Å². The Hall–Kier alpha value is -2.08. The third-order valence-electron chi connectivity index (χ3n) is 4.17. The lowest BCUT2D eigenvalue weighted by molar-refractivity contribution is 0.0596. The van der Waals surface area contributed by atoms with Crippen LogP contribution < -0.4 is 10.1 Å². The van der Waals surface area contributed by atoms with Crippen molar-refractivity contribution >= 4 is 11.5 Å². The quantitative estimate of drug-likeness (QED) is 0.879. The molecule has 1 aliphatic heterocycles. The van der Waals surface area contributed by atoms with E-state index in [1.54, 1.807) is 7.11 Å². The van der Waals surface area contributed by atoms with E-state index in [-0.39, 0.29) is 5.92 Å². The summed E-state index contributed by atoms with van der Waals surface area (Å²) in [5.74, 6) is 1.36. The topological polar surface area (TPSA) is 64.9 Å². The van der Waals surface area contributed by atoms with Crippen LogP contribution in [-0.4, -0.2) is 42.7 Å². The van der Waals surface area contributed by atoms with Gasteiger partial charge in [-0.1, -0.05) is 6.42 Å². The maximum absolute atomic E-state index is 12.1. The van der Waals surface area contributed by atoms with E-state index in [9.17, 15) is 4.79 Å². The Morgan fingerprint density at radius 1 is 1.41 bits per heavy atom. The zero-order valence-corrected chi connectivity index (χ0v) is 13.0. The number of nitrogens with zero attached hydrogens (tertiary/aromatic N) is 2. The number of aromatic nitrogens is 2.